The summed E-state index contributed by atoms with van der Waals surface area (Å²) in [6, 6.07) is 6.00. The van der Waals surface area contributed by atoms with E-state index in [1.807, 2.05) is 6.92 Å². The number of halogens is 1. The van der Waals surface area contributed by atoms with Crippen molar-refractivity contribution in [1.29, 1.82) is 0 Å². The Morgan fingerprint density at radius 2 is 1.84 bits per heavy atom. The largest absolute Gasteiger partial charge is 0.493 e. The van der Waals surface area contributed by atoms with Gasteiger partial charge in [-0.05, 0) is 31.2 Å². The highest BCUT2D eigenvalue weighted by molar-refractivity contribution is 7.91. The maximum Gasteiger partial charge on any atom is 0.243 e. The zero-order valence-corrected chi connectivity index (χ0v) is 16.8. The molecule has 7 nitrogen and oxygen atoms in total. The predicted molar refractivity (Wildman–Crippen MR) is 99.7 cm³/mol. The normalized spacial score (nSPS) is 19.2. The molecule has 0 radical (unpaired) electrons. The van der Waals surface area contributed by atoms with Crippen LogP contribution in [0.1, 0.15) is 13.8 Å². The van der Waals surface area contributed by atoms with Gasteiger partial charge in [-0.2, -0.15) is 4.31 Å². The Labute approximate surface area is 156 Å². The maximum atomic E-state index is 12.7. The minimum atomic E-state index is -3.53. The molecule has 1 fully saturated rings. The Balaban J connectivity index is 0.00000312. The Morgan fingerprint density at radius 1 is 1.20 bits per heavy atom. The van der Waals surface area contributed by atoms with Gasteiger partial charge in [0.25, 0.3) is 0 Å². The van der Waals surface area contributed by atoms with Crippen LogP contribution >= 0.6 is 12.4 Å². The van der Waals surface area contributed by atoms with Crippen molar-refractivity contribution in [2.75, 3.05) is 37.7 Å². The van der Waals surface area contributed by atoms with E-state index in [-0.39, 0.29) is 41.5 Å². The van der Waals surface area contributed by atoms with Crippen molar-refractivity contribution < 1.29 is 21.6 Å². The third kappa shape index (κ3) is 5.82. The third-order valence-corrected chi connectivity index (χ3v) is 7.67. The van der Waals surface area contributed by atoms with Crippen molar-refractivity contribution in [3.8, 4) is 5.75 Å². The van der Waals surface area contributed by atoms with Gasteiger partial charge in [-0.1, -0.05) is 6.92 Å². The molecule has 1 heterocycles. The van der Waals surface area contributed by atoms with Crippen molar-refractivity contribution in [2.45, 2.75) is 24.8 Å². The summed E-state index contributed by atoms with van der Waals surface area (Å²) >= 11 is 0. The van der Waals surface area contributed by atoms with Gasteiger partial charge in [0, 0.05) is 31.4 Å². The zero-order chi connectivity index (χ0) is 17.8. The maximum absolute atomic E-state index is 12.7. The molecule has 1 aliphatic heterocycles. The van der Waals surface area contributed by atoms with E-state index in [1.165, 1.54) is 16.4 Å². The van der Waals surface area contributed by atoms with E-state index in [4.69, 9.17) is 4.74 Å². The van der Waals surface area contributed by atoms with Gasteiger partial charge in [0.05, 0.1) is 10.6 Å². The summed E-state index contributed by atoms with van der Waals surface area (Å²) in [5, 5.41) is 3.16. The second-order valence-electron chi connectivity index (χ2n) is 5.73. The molecule has 1 unspecified atom stereocenters. The van der Waals surface area contributed by atoms with Gasteiger partial charge < -0.3 is 10.1 Å². The standard InChI is InChI=1S/C15H24N2O5S2.ClH/c1-3-23(18,19)11-10-22-14-4-6-15(7-5-14)24(20,21)17-9-8-16-12-13(17)2;/h4-7,13,16H,3,8-12H2,1-2H3;1H. The summed E-state index contributed by atoms with van der Waals surface area (Å²) in [7, 11) is -6.61. The lowest BCUT2D eigenvalue weighted by molar-refractivity contribution is 0.284. The summed E-state index contributed by atoms with van der Waals surface area (Å²) in [6.45, 7) is 5.22. The molecule has 0 aliphatic carbocycles. The fraction of sp³-hybridized carbons (Fsp3) is 0.600. The van der Waals surface area contributed by atoms with Crippen molar-refractivity contribution in [3.63, 3.8) is 0 Å². The molecular weight excluding hydrogens is 388 g/mol. The van der Waals surface area contributed by atoms with Crippen molar-refractivity contribution in [3.05, 3.63) is 24.3 Å². The number of benzene rings is 1. The lowest BCUT2D eigenvalue weighted by atomic mass is 10.3. The van der Waals surface area contributed by atoms with Crippen molar-refractivity contribution >= 4 is 32.3 Å². The van der Waals surface area contributed by atoms with Gasteiger partial charge in [-0.3, -0.25) is 0 Å². The molecule has 1 N–H and O–H groups in total. The van der Waals surface area contributed by atoms with Crippen LogP contribution in [-0.4, -0.2) is 64.9 Å². The molecule has 144 valence electrons. The van der Waals surface area contributed by atoms with Gasteiger partial charge in [0.2, 0.25) is 10.0 Å². The third-order valence-electron chi connectivity index (χ3n) is 3.97. The van der Waals surface area contributed by atoms with Gasteiger partial charge in [-0.25, -0.2) is 16.8 Å². The quantitative estimate of drug-likeness (QED) is 0.715. The second kappa shape index (κ2) is 9.18. The Morgan fingerprint density at radius 3 is 2.40 bits per heavy atom. The van der Waals surface area contributed by atoms with E-state index < -0.39 is 19.9 Å². The lowest BCUT2D eigenvalue weighted by Gasteiger charge is -2.32. The Hall–Kier alpha value is -0.870. The first-order chi connectivity index (χ1) is 11.3. The number of sulfone groups is 1. The van der Waals surface area contributed by atoms with Crippen LogP contribution in [0.25, 0.3) is 0 Å². The van der Waals surface area contributed by atoms with E-state index in [1.54, 1.807) is 19.1 Å². The number of nitrogens with zero attached hydrogens (tertiary/aromatic N) is 1. The number of nitrogens with one attached hydrogen (secondary N) is 1. The van der Waals surface area contributed by atoms with E-state index in [2.05, 4.69) is 5.32 Å². The summed E-state index contributed by atoms with van der Waals surface area (Å²) in [5.74, 6) is 0.478. The smallest absolute Gasteiger partial charge is 0.243 e. The van der Waals surface area contributed by atoms with Crippen LogP contribution in [0.4, 0.5) is 0 Å². The number of rotatable bonds is 7. The van der Waals surface area contributed by atoms with Gasteiger partial charge in [0.1, 0.15) is 12.4 Å². The van der Waals surface area contributed by atoms with Crippen LogP contribution in [-0.2, 0) is 19.9 Å². The van der Waals surface area contributed by atoms with Gasteiger partial charge in [-0.15, -0.1) is 12.4 Å². The molecular formula is C15H25ClN2O5S2. The van der Waals surface area contributed by atoms with E-state index in [9.17, 15) is 16.8 Å². The summed E-state index contributed by atoms with van der Waals surface area (Å²) in [6.07, 6.45) is 0. The molecule has 2 rings (SSSR count). The van der Waals surface area contributed by atoms with Crippen LogP contribution in [0, 0.1) is 0 Å². The van der Waals surface area contributed by atoms with Crippen LogP contribution in [0.15, 0.2) is 29.2 Å². The average molecular weight is 413 g/mol. The first-order valence-corrected chi connectivity index (χ1v) is 11.2. The summed E-state index contributed by atoms with van der Waals surface area (Å²) in [5.41, 5.74) is 0. The summed E-state index contributed by atoms with van der Waals surface area (Å²) in [4.78, 5) is 0.213. The summed E-state index contributed by atoms with van der Waals surface area (Å²) < 4.78 is 55.0. The number of piperazine rings is 1. The average Bonchev–Trinajstić information content (AvgIpc) is 2.55. The number of ether oxygens (including phenoxy) is 1. The zero-order valence-electron chi connectivity index (χ0n) is 14.3. The molecule has 25 heavy (non-hydrogen) atoms. The highest BCUT2D eigenvalue weighted by atomic mass is 35.5. The first-order valence-electron chi connectivity index (χ1n) is 7.92. The van der Waals surface area contributed by atoms with Crippen LogP contribution < -0.4 is 10.1 Å². The monoisotopic (exact) mass is 412 g/mol. The van der Waals surface area contributed by atoms with Gasteiger partial charge >= 0.3 is 0 Å². The fourth-order valence-electron chi connectivity index (χ4n) is 2.45. The van der Waals surface area contributed by atoms with Crippen molar-refractivity contribution in [2.24, 2.45) is 0 Å². The molecule has 1 aromatic carbocycles. The van der Waals surface area contributed by atoms with Crippen molar-refractivity contribution in [1.82, 2.24) is 9.62 Å². The highest BCUT2D eigenvalue weighted by Crippen LogP contribution is 2.22. The predicted octanol–water partition coefficient (Wildman–Crippen LogP) is 0.904. The molecule has 1 aromatic rings. The second-order valence-corrected chi connectivity index (χ2v) is 10.1. The topological polar surface area (TPSA) is 92.8 Å². The number of hydrogen-bond donors (Lipinski definition) is 1. The molecule has 0 aromatic heterocycles. The molecule has 0 spiro atoms. The Bertz CT molecular complexity index is 751. The highest BCUT2D eigenvalue weighted by Gasteiger charge is 2.30. The SMILES string of the molecule is CCS(=O)(=O)CCOc1ccc(S(=O)(=O)N2CCNCC2C)cc1.Cl. The van der Waals surface area contributed by atoms with Crippen LogP contribution in [0.3, 0.4) is 0 Å². The molecule has 0 amide bonds. The van der Waals surface area contributed by atoms with E-state index >= 15 is 0 Å². The Kier molecular flexibility index (Phi) is 8.14. The number of sulfonamides is 1. The van der Waals surface area contributed by atoms with E-state index in [0.717, 1.165) is 0 Å². The molecule has 1 saturated heterocycles. The molecule has 10 heteroatoms. The minimum Gasteiger partial charge on any atom is -0.493 e. The minimum absolute atomic E-state index is 0. The fourth-order valence-corrected chi connectivity index (χ4v) is 4.71. The van der Waals surface area contributed by atoms with E-state index in [0.29, 0.717) is 25.4 Å². The lowest BCUT2D eigenvalue weighted by Crippen LogP contribution is -2.52. The number of hydrogen-bond acceptors (Lipinski definition) is 6. The first kappa shape index (κ1) is 22.2. The van der Waals surface area contributed by atoms with Gasteiger partial charge in [0.15, 0.2) is 9.84 Å². The van der Waals surface area contributed by atoms with Crippen LogP contribution in [0.5, 0.6) is 5.75 Å². The molecule has 0 saturated carbocycles. The van der Waals surface area contributed by atoms with Crippen LogP contribution in [0.2, 0.25) is 0 Å². The molecule has 1 atom stereocenters. The molecule has 0 bridgehead atoms. The molecule has 1 aliphatic rings.